The molecule has 0 atom stereocenters. The summed E-state index contributed by atoms with van der Waals surface area (Å²) in [4.78, 5) is 23.9. The summed E-state index contributed by atoms with van der Waals surface area (Å²) in [5.41, 5.74) is 3.04. The Bertz CT molecular complexity index is 817. The fourth-order valence-electron chi connectivity index (χ4n) is 2.17. The Morgan fingerprint density at radius 2 is 1.84 bits per heavy atom. The van der Waals surface area contributed by atoms with Crippen LogP contribution < -0.4 is 10.6 Å². The number of amides is 2. The summed E-state index contributed by atoms with van der Waals surface area (Å²) in [7, 11) is 0. The average Bonchev–Trinajstić information content (AvgIpc) is 2.56. The van der Waals surface area contributed by atoms with Gasteiger partial charge in [-0.2, -0.15) is 0 Å². The lowest BCUT2D eigenvalue weighted by Gasteiger charge is -2.09. The summed E-state index contributed by atoms with van der Waals surface area (Å²) in [5.74, 6) is -1.03. The van der Waals surface area contributed by atoms with Gasteiger partial charge in [-0.3, -0.25) is 9.59 Å². The zero-order valence-electron chi connectivity index (χ0n) is 13.9. The van der Waals surface area contributed by atoms with Gasteiger partial charge in [0.2, 0.25) is 11.8 Å². The Balaban J connectivity index is 1.89. The summed E-state index contributed by atoms with van der Waals surface area (Å²) < 4.78 is 13.8. The van der Waals surface area contributed by atoms with Gasteiger partial charge in [0, 0.05) is 16.2 Å². The molecular weight excluding hydrogens is 387 g/mol. The van der Waals surface area contributed by atoms with Gasteiger partial charge in [-0.1, -0.05) is 28.1 Å². The molecule has 0 aliphatic carbocycles. The van der Waals surface area contributed by atoms with Gasteiger partial charge < -0.3 is 10.6 Å². The molecule has 25 heavy (non-hydrogen) atoms. The predicted molar refractivity (Wildman–Crippen MR) is 101 cm³/mol. The van der Waals surface area contributed by atoms with Crippen molar-refractivity contribution in [3.05, 3.63) is 70.0 Å². The van der Waals surface area contributed by atoms with Gasteiger partial charge in [-0.25, -0.2) is 4.39 Å². The van der Waals surface area contributed by atoms with Crippen LogP contribution in [0.4, 0.5) is 10.1 Å². The fraction of sp³-hybridized carbons (Fsp3) is 0.158. The lowest BCUT2D eigenvalue weighted by molar-refractivity contribution is -0.121. The Morgan fingerprint density at radius 1 is 1.16 bits per heavy atom. The molecule has 2 N–H and O–H groups in total. The molecule has 0 saturated carbocycles. The van der Waals surface area contributed by atoms with Gasteiger partial charge in [-0.05, 0) is 60.9 Å². The molecule has 0 fully saturated rings. The monoisotopic (exact) mass is 404 g/mol. The second kappa shape index (κ2) is 8.58. The number of nitrogens with one attached hydrogen (secondary N) is 2. The van der Waals surface area contributed by atoms with Gasteiger partial charge in [0.25, 0.3) is 0 Å². The van der Waals surface area contributed by atoms with Crippen LogP contribution in [-0.4, -0.2) is 18.4 Å². The van der Waals surface area contributed by atoms with Crippen LogP contribution in [0.1, 0.15) is 18.1 Å². The van der Waals surface area contributed by atoms with Gasteiger partial charge in [0.15, 0.2) is 0 Å². The van der Waals surface area contributed by atoms with E-state index in [0.717, 1.165) is 15.6 Å². The number of anilines is 1. The maximum atomic E-state index is 12.9. The number of hydrogen-bond donors (Lipinski definition) is 2. The molecule has 0 heterocycles. The normalized spacial score (nSPS) is 11.1. The zero-order valence-corrected chi connectivity index (χ0v) is 15.5. The molecule has 0 bridgehead atoms. The third kappa shape index (κ3) is 5.83. The van der Waals surface area contributed by atoms with Crippen molar-refractivity contribution in [3.63, 3.8) is 0 Å². The minimum absolute atomic E-state index is 0.137. The molecule has 6 heteroatoms. The van der Waals surface area contributed by atoms with Crippen molar-refractivity contribution in [1.29, 1.82) is 0 Å². The molecule has 0 unspecified atom stereocenters. The minimum Gasteiger partial charge on any atom is -0.343 e. The summed E-state index contributed by atoms with van der Waals surface area (Å²) in [6.45, 7) is 3.49. The molecule has 0 aliphatic rings. The predicted octanol–water partition coefficient (Wildman–Crippen LogP) is 4.05. The van der Waals surface area contributed by atoms with Crippen molar-refractivity contribution < 1.29 is 14.0 Å². The number of benzene rings is 2. The highest BCUT2D eigenvalue weighted by molar-refractivity contribution is 9.10. The van der Waals surface area contributed by atoms with Crippen LogP contribution in [0.5, 0.6) is 0 Å². The summed E-state index contributed by atoms with van der Waals surface area (Å²) in [6.07, 6.45) is 1.38. The first-order valence-corrected chi connectivity index (χ1v) is 8.42. The van der Waals surface area contributed by atoms with Crippen molar-refractivity contribution >= 4 is 39.0 Å². The van der Waals surface area contributed by atoms with E-state index in [9.17, 15) is 14.0 Å². The van der Waals surface area contributed by atoms with Crippen molar-refractivity contribution in [2.75, 3.05) is 11.9 Å². The van der Waals surface area contributed by atoms with E-state index in [1.807, 2.05) is 19.1 Å². The number of rotatable bonds is 5. The highest BCUT2D eigenvalue weighted by Crippen LogP contribution is 2.19. The largest absolute Gasteiger partial charge is 0.343 e. The Labute approximate surface area is 154 Å². The lowest BCUT2D eigenvalue weighted by atomic mass is 10.1. The van der Waals surface area contributed by atoms with E-state index in [0.29, 0.717) is 11.3 Å². The molecular formula is C19H18BrFN2O2. The third-order valence-electron chi connectivity index (χ3n) is 3.53. The van der Waals surface area contributed by atoms with Gasteiger partial charge >= 0.3 is 0 Å². The molecule has 0 radical (unpaired) electrons. The molecule has 4 nitrogen and oxygen atoms in total. The Kier molecular flexibility index (Phi) is 6.47. The number of carbonyl (C=O) groups is 2. The molecule has 2 amide bonds. The molecule has 2 aromatic carbocycles. The van der Waals surface area contributed by atoms with Crippen molar-refractivity contribution in [2.24, 2.45) is 0 Å². The van der Waals surface area contributed by atoms with Gasteiger partial charge in [-0.15, -0.1) is 0 Å². The van der Waals surface area contributed by atoms with Crippen molar-refractivity contribution in [3.8, 4) is 0 Å². The standard InChI is InChI=1S/C19H18BrFN2O2/c1-12(14-3-6-16(21)7-4-14)10-18(24)22-11-19(25)23-17-8-5-15(20)9-13(17)2/h3-10H,11H2,1-2H3,(H,22,24)(H,23,25)/b12-10-. The van der Waals surface area contributed by atoms with Gasteiger partial charge in [0.05, 0.1) is 6.54 Å². The SMILES string of the molecule is C/C(=C/C(=O)NCC(=O)Nc1ccc(Br)cc1C)c1ccc(F)cc1. The summed E-state index contributed by atoms with van der Waals surface area (Å²) >= 11 is 3.36. The summed E-state index contributed by atoms with van der Waals surface area (Å²) in [6, 6.07) is 11.4. The first kappa shape index (κ1) is 18.9. The molecule has 130 valence electrons. The van der Waals surface area contributed by atoms with E-state index in [1.54, 1.807) is 25.1 Å². The van der Waals surface area contributed by atoms with Crippen molar-refractivity contribution in [2.45, 2.75) is 13.8 Å². The first-order valence-electron chi connectivity index (χ1n) is 7.63. The maximum Gasteiger partial charge on any atom is 0.244 e. The average molecular weight is 405 g/mol. The third-order valence-corrected chi connectivity index (χ3v) is 4.03. The van der Waals surface area contributed by atoms with Gasteiger partial charge in [0.1, 0.15) is 5.82 Å². The zero-order chi connectivity index (χ0) is 18.4. The minimum atomic E-state index is -0.385. The number of halogens is 2. The van der Waals surface area contributed by atoms with Crippen LogP contribution in [0.15, 0.2) is 53.0 Å². The molecule has 2 rings (SSSR count). The molecule has 0 aliphatic heterocycles. The maximum absolute atomic E-state index is 12.9. The second-order valence-corrected chi connectivity index (χ2v) is 6.48. The number of allylic oxidation sites excluding steroid dienone is 1. The van der Waals surface area contributed by atoms with Crippen LogP contribution in [-0.2, 0) is 9.59 Å². The van der Waals surface area contributed by atoms with Crippen LogP contribution in [0.2, 0.25) is 0 Å². The Morgan fingerprint density at radius 3 is 2.48 bits per heavy atom. The summed E-state index contributed by atoms with van der Waals surface area (Å²) in [5, 5.41) is 5.28. The molecule has 0 aromatic heterocycles. The van der Waals surface area contributed by atoms with E-state index < -0.39 is 0 Å². The van der Waals surface area contributed by atoms with Crippen LogP contribution in [0.25, 0.3) is 5.57 Å². The highest BCUT2D eigenvalue weighted by atomic mass is 79.9. The number of hydrogen-bond acceptors (Lipinski definition) is 2. The van der Waals surface area contributed by atoms with E-state index >= 15 is 0 Å². The molecule has 0 spiro atoms. The lowest BCUT2D eigenvalue weighted by Crippen LogP contribution is -2.32. The van der Waals surface area contributed by atoms with E-state index in [-0.39, 0.29) is 24.2 Å². The fourth-order valence-corrected chi connectivity index (χ4v) is 2.65. The second-order valence-electron chi connectivity index (χ2n) is 5.56. The van der Waals surface area contributed by atoms with E-state index in [1.165, 1.54) is 18.2 Å². The van der Waals surface area contributed by atoms with E-state index in [4.69, 9.17) is 0 Å². The van der Waals surface area contributed by atoms with Crippen molar-refractivity contribution in [1.82, 2.24) is 5.32 Å². The number of aryl methyl sites for hydroxylation is 1. The van der Waals surface area contributed by atoms with Crippen LogP contribution in [0, 0.1) is 12.7 Å². The smallest absolute Gasteiger partial charge is 0.244 e. The first-order chi connectivity index (χ1) is 11.8. The van der Waals surface area contributed by atoms with Crippen LogP contribution in [0.3, 0.4) is 0 Å². The van der Waals surface area contributed by atoms with E-state index in [2.05, 4.69) is 26.6 Å². The molecule has 0 saturated heterocycles. The number of carbonyl (C=O) groups excluding carboxylic acids is 2. The quantitative estimate of drug-likeness (QED) is 0.738. The van der Waals surface area contributed by atoms with Crippen LogP contribution >= 0.6 is 15.9 Å². The Hall–Kier alpha value is -2.47. The highest BCUT2D eigenvalue weighted by Gasteiger charge is 2.07. The topological polar surface area (TPSA) is 58.2 Å². The molecule has 2 aromatic rings.